The van der Waals surface area contributed by atoms with Crippen molar-refractivity contribution in [2.24, 2.45) is 0 Å². The van der Waals surface area contributed by atoms with Crippen LogP contribution in [0.5, 0.6) is 0 Å². The Bertz CT molecular complexity index is 832. The van der Waals surface area contributed by atoms with Crippen molar-refractivity contribution >= 4 is 22.9 Å². The van der Waals surface area contributed by atoms with E-state index in [2.05, 4.69) is 46.6 Å². The lowest BCUT2D eigenvalue weighted by Crippen LogP contribution is -2.29. The molecule has 1 amide bonds. The minimum Gasteiger partial charge on any atom is -0.370 e. The maximum atomic E-state index is 12.9. The van der Waals surface area contributed by atoms with Gasteiger partial charge in [-0.3, -0.25) is 10.1 Å². The molecule has 0 aliphatic heterocycles. The molecule has 0 aliphatic rings. The van der Waals surface area contributed by atoms with Crippen molar-refractivity contribution in [2.75, 3.05) is 18.9 Å². The third kappa shape index (κ3) is 4.54. The summed E-state index contributed by atoms with van der Waals surface area (Å²) in [5.41, 5.74) is 4.54. The van der Waals surface area contributed by atoms with Crippen LogP contribution in [0, 0.1) is 6.92 Å². The van der Waals surface area contributed by atoms with E-state index >= 15 is 0 Å². The average molecular weight is 354 g/mol. The molecule has 0 bridgehead atoms. The number of rotatable bonds is 8. The molecule has 2 aromatic rings. The van der Waals surface area contributed by atoms with Gasteiger partial charge >= 0.3 is 0 Å². The fourth-order valence-corrected chi connectivity index (χ4v) is 2.80. The number of hydrogen-bond donors (Lipinski definition) is 1. The minimum absolute atomic E-state index is 0.165. The van der Waals surface area contributed by atoms with E-state index in [0.717, 1.165) is 48.1 Å². The van der Waals surface area contributed by atoms with Crippen LogP contribution in [0.4, 0.5) is 5.95 Å². The second-order valence-electron chi connectivity index (χ2n) is 6.78. The van der Waals surface area contributed by atoms with Crippen molar-refractivity contribution in [2.45, 2.75) is 47.1 Å². The lowest BCUT2D eigenvalue weighted by atomic mass is 10.2. The van der Waals surface area contributed by atoms with Gasteiger partial charge in [0.1, 0.15) is 5.70 Å². The predicted octanol–water partition coefficient (Wildman–Crippen LogP) is 4.50. The maximum Gasteiger partial charge on any atom is 0.274 e. The van der Waals surface area contributed by atoms with Crippen LogP contribution in [-0.4, -0.2) is 34.0 Å². The fraction of sp³-hybridized carbons (Fsp3) is 0.429. The van der Waals surface area contributed by atoms with Crippen LogP contribution < -0.4 is 5.32 Å². The van der Waals surface area contributed by atoms with Gasteiger partial charge in [0.2, 0.25) is 5.95 Å². The van der Waals surface area contributed by atoms with Gasteiger partial charge in [0, 0.05) is 20.1 Å². The van der Waals surface area contributed by atoms with Crippen LogP contribution in [0.25, 0.3) is 11.0 Å². The molecule has 140 valence electrons. The van der Waals surface area contributed by atoms with Gasteiger partial charge in [0.15, 0.2) is 0 Å². The Kier molecular flexibility index (Phi) is 6.61. The molecular weight excluding hydrogens is 324 g/mol. The molecule has 2 rings (SSSR count). The molecule has 0 unspecified atom stereocenters. The molecule has 1 heterocycles. The first-order valence-electron chi connectivity index (χ1n) is 9.23. The van der Waals surface area contributed by atoms with Gasteiger partial charge in [-0.25, -0.2) is 4.98 Å². The van der Waals surface area contributed by atoms with E-state index in [1.807, 2.05) is 38.8 Å². The number of nitrogens with zero attached hydrogens (tertiary/aromatic N) is 3. The average Bonchev–Trinajstić information content (AvgIpc) is 2.92. The van der Waals surface area contributed by atoms with E-state index in [1.165, 1.54) is 0 Å². The van der Waals surface area contributed by atoms with Crippen molar-refractivity contribution in [3.05, 3.63) is 47.7 Å². The van der Waals surface area contributed by atoms with Crippen LogP contribution in [0.2, 0.25) is 0 Å². The van der Waals surface area contributed by atoms with Crippen LogP contribution >= 0.6 is 0 Å². The highest BCUT2D eigenvalue weighted by Crippen LogP contribution is 2.22. The monoisotopic (exact) mass is 354 g/mol. The molecule has 0 fully saturated rings. The fourth-order valence-electron chi connectivity index (χ4n) is 2.80. The Morgan fingerprint density at radius 3 is 2.73 bits per heavy atom. The van der Waals surface area contributed by atoms with Crippen molar-refractivity contribution < 1.29 is 4.79 Å². The van der Waals surface area contributed by atoms with Gasteiger partial charge in [-0.05, 0) is 51.0 Å². The van der Waals surface area contributed by atoms with Crippen molar-refractivity contribution in [3.8, 4) is 0 Å². The summed E-state index contributed by atoms with van der Waals surface area (Å²) < 4.78 is 2.10. The highest BCUT2D eigenvalue weighted by atomic mass is 16.2. The molecular formula is C21H30N4O. The predicted molar refractivity (Wildman–Crippen MR) is 109 cm³/mol. The normalized spacial score (nSPS) is 11.7. The molecule has 0 atom stereocenters. The lowest BCUT2D eigenvalue weighted by molar-refractivity contribution is -0.114. The molecule has 1 aromatic carbocycles. The number of benzene rings is 1. The summed E-state index contributed by atoms with van der Waals surface area (Å²) in [5.74, 6) is 0.434. The first-order valence-corrected chi connectivity index (χ1v) is 9.23. The Morgan fingerprint density at radius 2 is 2.12 bits per heavy atom. The van der Waals surface area contributed by atoms with E-state index in [-0.39, 0.29) is 5.91 Å². The zero-order chi connectivity index (χ0) is 19.3. The van der Waals surface area contributed by atoms with Gasteiger partial charge in [-0.15, -0.1) is 0 Å². The maximum absolute atomic E-state index is 12.9. The number of aryl methyl sites for hydroxylation is 2. The van der Waals surface area contributed by atoms with Gasteiger partial charge in [0.25, 0.3) is 5.91 Å². The standard InChI is InChI=1S/C21H30N4O/c1-7-9-12-25-18-11-10-16(5)14-17(18)22-21(25)23-20(26)19(13-15(3)4)24(6)8-2/h10-11,13-14H,3,7-9,12H2,1-2,4-6H3,(H,22,23,26)/b19-13-. The Labute approximate surface area is 156 Å². The van der Waals surface area contributed by atoms with Crippen LogP contribution in [-0.2, 0) is 11.3 Å². The number of anilines is 1. The highest BCUT2D eigenvalue weighted by molar-refractivity contribution is 6.03. The van der Waals surface area contributed by atoms with E-state index in [0.29, 0.717) is 11.6 Å². The number of fused-ring (bicyclic) bond motifs is 1. The summed E-state index contributed by atoms with van der Waals surface area (Å²) in [7, 11) is 1.90. The second-order valence-corrected chi connectivity index (χ2v) is 6.78. The van der Waals surface area contributed by atoms with E-state index in [4.69, 9.17) is 0 Å². The number of allylic oxidation sites excluding steroid dienone is 2. The number of carbonyl (C=O) groups is 1. The van der Waals surface area contributed by atoms with Gasteiger partial charge < -0.3 is 9.47 Å². The molecule has 5 nitrogen and oxygen atoms in total. The number of unbranched alkanes of at least 4 members (excludes halogenated alkanes) is 1. The first kappa shape index (κ1) is 19.8. The molecule has 0 radical (unpaired) electrons. The molecule has 0 aliphatic carbocycles. The Morgan fingerprint density at radius 1 is 1.38 bits per heavy atom. The summed E-state index contributed by atoms with van der Waals surface area (Å²) in [6.45, 7) is 13.6. The number of imidazole rings is 1. The smallest absolute Gasteiger partial charge is 0.274 e. The second kappa shape index (κ2) is 8.70. The summed E-state index contributed by atoms with van der Waals surface area (Å²) in [4.78, 5) is 19.5. The third-order valence-electron chi connectivity index (χ3n) is 4.37. The number of aromatic nitrogens is 2. The molecule has 1 aromatic heterocycles. The minimum atomic E-state index is -0.165. The molecule has 0 saturated carbocycles. The van der Waals surface area contributed by atoms with Gasteiger partial charge in [-0.2, -0.15) is 0 Å². The number of carbonyl (C=O) groups excluding carboxylic acids is 1. The summed E-state index contributed by atoms with van der Waals surface area (Å²) >= 11 is 0. The van der Waals surface area contributed by atoms with Crippen LogP contribution in [0.3, 0.4) is 0 Å². The van der Waals surface area contributed by atoms with Crippen LogP contribution in [0.15, 0.2) is 42.1 Å². The number of hydrogen-bond acceptors (Lipinski definition) is 3. The molecule has 0 saturated heterocycles. The molecule has 26 heavy (non-hydrogen) atoms. The zero-order valence-corrected chi connectivity index (χ0v) is 16.6. The summed E-state index contributed by atoms with van der Waals surface area (Å²) in [6, 6.07) is 6.21. The lowest BCUT2D eigenvalue weighted by Gasteiger charge is -2.20. The van der Waals surface area contributed by atoms with Crippen molar-refractivity contribution in [1.82, 2.24) is 14.5 Å². The SMILES string of the molecule is C=C(C)/C=C(/C(=O)Nc1nc2cc(C)ccc2n1CCCC)N(C)CC. The highest BCUT2D eigenvalue weighted by Gasteiger charge is 2.18. The number of amides is 1. The summed E-state index contributed by atoms with van der Waals surface area (Å²) in [5, 5.41) is 3.01. The zero-order valence-electron chi connectivity index (χ0n) is 16.6. The number of likely N-dealkylation sites (N-methyl/N-ethyl adjacent to an activating group) is 1. The van der Waals surface area contributed by atoms with Gasteiger partial charge in [0.05, 0.1) is 11.0 Å². The van der Waals surface area contributed by atoms with E-state index in [1.54, 1.807) is 0 Å². The Balaban J connectivity index is 2.41. The largest absolute Gasteiger partial charge is 0.370 e. The quantitative estimate of drug-likeness (QED) is 0.561. The van der Waals surface area contributed by atoms with Crippen molar-refractivity contribution in [3.63, 3.8) is 0 Å². The molecule has 1 N–H and O–H groups in total. The van der Waals surface area contributed by atoms with Crippen LogP contribution in [0.1, 0.15) is 39.2 Å². The van der Waals surface area contributed by atoms with E-state index in [9.17, 15) is 4.79 Å². The topological polar surface area (TPSA) is 50.2 Å². The first-order chi connectivity index (χ1) is 12.4. The number of nitrogens with one attached hydrogen (secondary N) is 1. The van der Waals surface area contributed by atoms with E-state index < -0.39 is 0 Å². The van der Waals surface area contributed by atoms with Crippen molar-refractivity contribution in [1.29, 1.82) is 0 Å². The Hall–Kier alpha value is -2.56. The molecule has 5 heteroatoms. The molecule has 0 spiro atoms. The third-order valence-corrected chi connectivity index (χ3v) is 4.37. The summed E-state index contributed by atoms with van der Waals surface area (Å²) in [6.07, 6.45) is 3.92. The van der Waals surface area contributed by atoms with Gasteiger partial charge in [-0.1, -0.05) is 31.6 Å².